The molecule has 1 N–H and O–H groups in total. The molecule has 134 valence electrons. The second-order valence-electron chi connectivity index (χ2n) is 6.93. The highest BCUT2D eigenvalue weighted by Gasteiger charge is 2.15. The molecule has 0 spiro atoms. The van der Waals surface area contributed by atoms with Gasteiger partial charge >= 0.3 is 0 Å². The molecule has 1 saturated heterocycles. The molecule has 26 heavy (non-hydrogen) atoms. The molecule has 0 radical (unpaired) electrons. The number of nitrogens with zero attached hydrogens (tertiary/aromatic N) is 3. The van der Waals surface area contributed by atoms with E-state index < -0.39 is 0 Å². The summed E-state index contributed by atoms with van der Waals surface area (Å²) in [5.74, 6) is 0.849. The van der Waals surface area contributed by atoms with Gasteiger partial charge in [-0.05, 0) is 50.1 Å². The summed E-state index contributed by atoms with van der Waals surface area (Å²) in [4.78, 5) is 9.28. The quantitative estimate of drug-likeness (QED) is 0.757. The molecule has 4 nitrogen and oxygen atoms in total. The molecular formula is C21H23FN4. The van der Waals surface area contributed by atoms with Crippen molar-refractivity contribution in [2.24, 2.45) is 7.05 Å². The normalized spacial score (nSPS) is 16.9. The summed E-state index contributed by atoms with van der Waals surface area (Å²) in [7, 11) is 2.04. The van der Waals surface area contributed by atoms with Crippen LogP contribution in [0, 0.1) is 5.82 Å². The van der Waals surface area contributed by atoms with Gasteiger partial charge in [0.2, 0.25) is 0 Å². The zero-order chi connectivity index (χ0) is 17.9. The molecule has 1 aromatic carbocycles. The van der Waals surface area contributed by atoms with Gasteiger partial charge in [-0.1, -0.05) is 12.1 Å². The van der Waals surface area contributed by atoms with E-state index in [0.29, 0.717) is 6.04 Å². The number of imidazole rings is 1. The minimum absolute atomic E-state index is 0.250. The Kier molecular flexibility index (Phi) is 4.80. The number of hydrogen-bond acceptors (Lipinski definition) is 3. The van der Waals surface area contributed by atoms with Crippen LogP contribution in [0.25, 0.3) is 22.5 Å². The fraction of sp³-hybridized carbons (Fsp3) is 0.333. The van der Waals surface area contributed by atoms with Crippen molar-refractivity contribution in [3.63, 3.8) is 0 Å². The fourth-order valence-corrected chi connectivity index (χ4v) is 3.55. The van der Waals surface area contributed by atoms with Gasteiger partial charge in [0, 0.05) is 43.0 Å². The van der Waals surface area contributed by atoms with Crippen LogP contribution in [-0.4, -0.2) is 27.1 Å². The van der Waals surface area contributed by atoms with Crippen LogP contribution in [-0.2, 0) is 13.5 Å². The predicted molar refractivity (Wildman–Crippen MR) is 101 cm³/mol. The lowest BCUT2D eigenvalue weighted by Crippen LogP contribution is -2.22. The maximum atomic E-state index is 13.4. The summed E-state index contributed by atoms with van der Waals surface area (Å²) in [6.45, 7) is 1.14. The van der Waals surface area contributed by atoms with Crippen molar-refractivity contribution >= 4 is 0 Å². The first-order valence-corrected chi connectivity index (χ1v) is 9.17. The third kappa shape index (κ3) is 3.68. The summed E-state index contributed by atoms with van der Waals surface area (Å²) in [6.07, 6.45) is 8.51. The zero-order valence-electron chi connectivity index (χ0n) is 15.0. The van der Waals surface area contributed by atoms with E-state index in [4.69, 9.17) is 4.98 Å². The SMILES string of the molecule is Cn1cc(-c2ccc(-c3cccc(F)c3)nc2)nc1CCC1CCCN1. The Labute approximate surface area is 153 Å². The van der Waals surface area contributed by atoms with Crippen molar-refractivity contribution in [3.8, 4) is 22.5 Å². The Morgan fingerprint density at radius 3 is 2.85 bits per heavy atom. The molecule has 1 atom stereocenters. The summed E-state index contributed by atoms with van der Waals surface area (Å²) in [5, 5.41) is 3.54. The monoisotopic (exact) mass is 350 g/mol. The van der Waals surface area contributed by atoms with Crippen LogP contribution in [0.15, 0.2) is 48.8 Å². The van der Waals surface area contributed by atoms with Crippen LogP contribution in [0.4, 0.5) is 4.39 Å². The van der Waals surface area contributed by atoms with Crippen molar-refractivity contribution in [1.82, 2.24) is 19.9 Å². The van der Waals surface area contributed by atoms with E-state index in [1.807, 2.05) is 31.4 Å². The Bertz CT molecular complexity index is 879. The second kappa shape index (κ2) is 7.38. The van der Waals surface area contributed by atoms with Crippen molar-refractivity contribution in [2.45, 2.75) is 31.7 Å². The number of halogens is 1. The molecule has 5 heteroatoms. The van der Waals surface area contributed by atoms with Crippen LogP contribution >= 0.6 is 0 Å². The first kappa shape index (κ1) is 16.9. The predicted octanol–water partition coefficient (Wildman–Crippen LogP) is 3.97. The second-order valence-corrected chi connectivity index (χ2v) is 6.93. The standard InChI is InChI=1S/C21H23FN4/c1-26-14-20(25-21(26)10-8-18-6-3-11-23-18)16-7-9-19(24-13-16)15-4-2-5-17(22)12-15/h2,4-5,7,9,12-14,18,23H,3,6,8,10-11H2,1H3. The Morgan fingerprint density at radius 1 is 1.19 bits per heavy atom. The molecule has 3 aromatic rings. The van der Waals surface area contributed by atoms with Gasteiger partial charge in [-0.2, -0.15) is 0 Å². The van der Waals surface area contributed by atoms with Crippen LogP contribution in [0.3, 0.4) is 0 Å². The van der Waals surface area contributed by atoms with Crippen molar-refractivity contribution in [2.75, 3.05) is 6.54 Å². The highest BCUT2D eigenvalue weighted by Crippen LogP contribution is 2.23. The number of rotatable bonds is 5. The smallest absolute Gasteiger partial charge is 0.123 e. The Morgan fingerprint density at radius 2 is 2.12 bits per heavy atom. The van der Waals surface area contributed by atoms with Gasteiger partial charge in [-0.3, -0.25) is 4.98 Å². The van der Waals surface area contributed by atoms with E-state index >= 15 is 0 Å². The van der Waals surface area contributed by atoms with Gasteiger partial charge in [-0.25, -0.2) is 9.37 Å². The van der Waals surface area contributed by atoms with Gasteiger partial charge < -0.3 is 9.88 Å². The molecule has 2 aromatic heterocycles. The van der Waals surface area contributed by atoms with E-state index in [2.05, 4.69) is 21.1 Å². The average molecular weight is 350 g/mol. The van der Waals surface area contributed by atoms with E-state index in [1.54, 1.807) is 6.07 Å². The molecule has 1 fully saturated rings. The summed E-state index contributed by atoms with van der Waals surface area (Å²) >= 11 is 0. The van der Waals surface area contributed by atoms with Crippen LogP contribution < -0.4 is 5.32 Å². The number of nitrogens with one attached hydrogen (secondary N) is 1. The van der Waals surface area contributed by atoms with Gasteiger partial charge in [-0.15, -0.1) is 0 Å². The Balaban J connectivity index is 1.49. The molecule has 0 bridgehead atoms. The summed E-state index contributed by atoms with van der Waals surface area (Å²) in [6, 6.07) is 11.0. The number of aromatic nitrogens is 3. The third-order valence-electron chi connectivity index (χ3n) is 5.03. The molecule has 0 aliphatic carbocycles. The minimum atomic E-state index is -0.250. The summed E-state index contributed by atoms with van der Waals surface area (Å²) in [5.41, 5.74) is 3.45. The van der Waals surface area contributed by atoms with Crippen molar-refractivity contribution in [1.29, 1.82) is 0 Å². The van der Waals surface area contributed by atoms with E-state index in [-0.39, 0.29) is 5.82 Å². The van der Waals surface area contributed by atoms with Crippen LogP contribution in [0.2, 0.25) is 0 Å². The molecule has 3 heterocycles. The third-order valence-corrected chi connectivity index (χ3v) is 5.03. The van der Waals surface area contributed by atoms with Crippen molar-refractivity contribution < 1.29 is 4.39 Å². The van der Waals surface area contributed by atoms with Crippen molar-refractivity contribution in [3.05, 3.63) is 60.4 Å². The highest BCUT2D eigenvalue weighted by atomic mass is 19.1. The topological polar surface area (TPSA) is 42.7 Å². The molecule has 1 aliphatic rings. The van der Waals surface area contributed by atoms with E-state index in [1.165, 1.54) is 25.0 Å². The largest absolute Gasteiger partial charge is 0.337 e. The zero-order valence-corrected chi connectivity index (χ0v) is 15.0. The number of aryl methyl sites for hydroxylation is 2. The molecular weight excluding hydrogens is 327 g/mol. The van der Waals surface area contributed by atoms with Gasteiger partial charge in [0.15, 0.2) is 0 Å². The van der Waals surface area contributed by atoms with Gasteiger partial charge in [0.05, 0.1) is 11.4 Å². The summed E-state index contributed by atoms with van der Waals surface area (Å²) < 4.78 is 15.5. The van der Waals surface area contributed by atoms with E-state index in [0.717, 1.165) is 47.7 Å². The van der Waals surface area contributed by atoms with Gasteiger partial charge in [0.1, 0.15) is 11.6 Å². The average Bonchev–Trinajstić information content (AvgIpc) is 3.30. The maximum Gasteiger partial charge on any atom is 0.123 e. The number of hydrogen-bond donors (Lipinski definition) is 1. The van der Waals surface area contributed by atoms with Gasteiger partial charge in [0.25, 0.3) is 0 Å². The molecule has 1 unspecified atom stereocenters. The first-order chi connectivity index (χ1) is 12.7. The first-order valence-electron chi connectivity index (χ1n) is 9.17. The lowest BCUT2D eigenvalue weighted by Gasteiger charge is -2.09. The lowest BCUT2D eigenvalue weighted by atomic mass is 10.1. The lowest BCUT2D eigenvalue weighted by molar-refractivity contribution is 0.545. The van der Waals surface area contributed by atoms with Crippen LogP contribution in [0.1, 0.15) is 25.1 Å². The molecule has 4 rings (SSSR count). The minimum Gasteiger partial charge on any atom is -0.337 e. The van der Waals surface area contributed by atoms with E-state index in [9.17, 15) is 4.39 Å². The number of pyridine rings is 1. The molecule has 0 amide bonds. The molecule has 1 aliphatic heterocycles. The van der Waals surface area contributed by atoms with Crippen LogP contribution in [0.5, 0.6) is 0 Å². The Hall–Kier alpha value is -2.53. The molecule has 0 saturated carbocycles. The fourth-order valence-electron chi connectivity index (χ4n) is 3.55. The maximum absolute atomic E-state index is 13.4. The number of benzene rings is 1. The highest BCUT2D eigenvalue weighted by molar-refractivity contribution is 5.64.